The first-order valence-corrected chi connectivity index (χ1v) is 5.24. The van der Waals surface area contributed by atoms with Crippen molar-refractivity contribution in [1.29, 1.82) is 0 Å². The number of hydrogen-bond donors (Lipinski definition) is 3. The number of ether oxygens (including phenoxy) is 1. The average molecular weight is 233 g/mol. The van der Waals surface area contributed by atoms with Crippen LogP contribution in [0.1, 0.15) is 20.3 Å². The second-order valence-electron chi connectivity index (χ2n) is 4.43. The zero-order valence-electron chi connectivity index (χ0n) is 9.24. The molecule has 94 valence electrons. The highest BCUT2D eigenvalue weighted by Crippen LogP contribution is 2.27. The monoisotopic (exact) mass is 233 g/mol. The van der Waals surface area contributed by atoms with Crippen LogP contribution < -0.4 is 5.11 Å². The first kappa shape index (κ1) is 13.4. The van der Waals surface area contributed by atoms with E-state index in [9.17, 15) is 25.2 Å². The van der Waals surface area contributed by atoms with E-state index in [2.05, 4.69) is 0 Å². The van der Waals surface area contributed by atoms with Crippen molar-refractivity contribution in [3.8, 4) is 0 Å². The van der Waals surface area contributed by atoms with Crippen LogP contribution in [-0.2, 0) is 9.53 Å². The Morgan fingerprint density at radius 3 is 2.25 bits per heavy atom. The quantitative estimate of drug-likeness (QED) is 0.502. The molecular weight excluding hydrogens is 216 g/mol. The van der Waals surface area contributed by atoms with Gasteiger partial charge in [-0.05, 0) is 5.92 Å². The van der Waals surface area contributed by atoms with Crippen molar-refractivity contribution in [2.24, 2.45) is 5.92 Å². The summed E-state index contributed by atoms with van der Waals surface area (Å²) >= 11 is 0. The summed E-state index contributed by atoms with van der Waals surface area (Å²) in [6.45, 7) is 3.54. The number of aliphatic hydroxyl groups is 3. The lowest BCUT2D eigenvalue weighted by Gasteiger charge is -2.42. The Labute approximate surface area is 93.5 Å². The summed E-state index contributed by atoms with van der Waals surface area (Å²) in [5.41, 5.74) is 0. The van der Waals surface area contributed by atoms with Crippen LogP contribution in [0.4, 0.5) is 0 Å². The number of carbonyl (C=O) groups is 1. The van der Waals surface area contributed by atoms with Gasteiger partial charge in [-0.25, -0.2) is 0 Å². The Hall–Kier alpha value is -0.690. The van der Waals surface area contributed by atoms with Crippen LogP contribution >= 0.6 is 0 Å². The number of carboxylic acids is 1. The summed E-state index contributed by atoms with van der Waals surface area (Å²) in [7, 11) is 0. The van der Waals surface area contributed by atoms with E-state index < -0.39 is 42.9 Å². The molecule has 1 rings (SSSR count). The third-order valence-electron chi connectivity index (χ3n) is 2.77. The second kappa shape index (κ2) is 5.09. The molecule has 2 unspecified atom stereocenters. The Bertz CT molecular complexity index is 254. The fourth-order valence-corrected chi connectivity index (χ4v) is 1.86. The van der Waals surface area contributed by atoms with Gasteiger partial charge < -0.3 is 30.0 Å². The van der Waals surface area contributed by atoms with Gasteiger partial charge in [-0.15, -0.1) is 0 Å². The van der Waals surface area contributed by atoms with E-state index in [4.69, 9.17) is 4.74 Å². The normalized spacial score (nSPS) is 40.0. The van der Waals surface area contributed by atoms with Crippen molar-refractivity contribution < 1.29 is 30.0 Å². The van der Waals surface area contributed by atoms with Crippen molar-refractivity contribution >= 4 is 5.97 Å². The molecule has 0 bridgehead atoms. The molecule has 0 aromatic carbocycles. The molecule has 1 aliphatic rings. The van der Waals surface area contributed by atoms with Crippen LogP contribution in [0, 0.1) is 5.92 Å². The molecule has 0 radical (unpaired) electrons. The van der Waals surface area contributed by atoms with Crippen molar-refractivity contribution in [2.75, 3.05) is 0 Å². The molecule has 0 spiro atoms. The minimum absolute atomic E-state index is 0.0959. The van der Waals surface area contributed by atoms with E-state index in [0.717, 1.165) is 0 Å². The lowest BCUT2D eigenvalue weighted by Crippen LogP contribution is -2.59. The maximum Gasteiger partial charge on any atom is 0.111 e. The Morgan fingerprint density at radius 2 is 1.81 bits per heavy atom. The first-order valence-electron chi connectivity index (χ1n) is 5.24. The van der Waals surface area contributed by atoms with Gasteiger partial charge in [0.2, 0.25) is 0 Å². The highest BCUT2D eigenvalue weighted by Gasteiger charge is 2.44. The van der Waals surface area contributed by atoms with Gasteiger partial charge in [0.1, 0.15) is 18.3 Å². The maximum absolute atomic E-state index is 10.4. The van der Waals surface area contributed by atoms with Crippen LogP contribution in [0.2, 0.25) is 0 Å². The topological polar surface area (TPSA) is 110 Å². The highest BCUT2D eigenvalue weighted by molar-refractivity contribution is 5.65. The van der Waals surface area contributed by atoms with Crippen LogP contribution in [-0.4, -0.2) is 51.8 Å². The molecule has 1 aliphatic heterocycles. The Balaban J connectivity index is 2.76. The smallest absolute Gasteiger partial charge is 0.111 e. The van der Waals surface area contributed by atoms with Crippen molar-refractivity contribution in [1.82, 2.24) is 0 Å². The van der Waals surface area contributed by atoms with Gasteiger partial charge in [0.25, 0.3) is 0 Å². The van der Waals surface area contributed by atoms with Gasteiger partial charge in [-0.1, -0.05) is 13.8 Å². The third kappa shape index (κ3) is 2.70. The molecular formula is C10H17O6-. The van der Waals surface area contributed by atoms with Crippen molar-refractivity contribution in [3.05, 3.63) is 0 Å². The molecule has 0 amide bonds. The van der Waals surface area contributed by atoms with Gasteiger partial charge in [-0.2, -0.15) is 0 Å². The van der Waals surface area contributed by atoms with Gasteiger partial charge in [0.15, 0.2) is 0 Å². The van der Waals surface area contributed by atoms with Crippen LogP contribution in [0.25, 0.3) is 0 Å². The predicted molar refractivity (Wildman–Crippen MR) is 51.1 cm³/mol. The fourth-order valence-electron chi connectivity index (χ4n) is 1.86. The highest BCUT2D eigenvalue weighted by atomic mass is 16.5. The fraction of sp³-hybridized carbons (Fsp3) is 0.900. The molecule has 5 atom stereocenters. The Kier molecular flexibility index (Phi) is 4.26. The molecule has 16 heavy (non-hydrogen) atoms. The molecule has 0 aromatic heterocycles. The van der Waals surface area contributed by atoms with Gasteiger partial charge in [0, 0.05) is 12.4 Å². The molecule has 1 saturated heterocycles. The number of rotatable bonds is 3. The van der Waals surface area contributed by atoms with Gasteiger partial charge in [0.05, 0.1) is 12.2 Å². The second-order valence-corrected chi connectivity index (χ2v) is 4.43. The first-order chi connectivity index (χ1) is 7.34. The van der Waals surface area contributed by atoms with Crippen LogP contribution in [0.3, 0.4) is 0 Å². The van der Waals surface area contributed by atoms with Gasteiger partial charge >= 0.3 is 0 Å². The molecule has 0 saturated carbocycles. The number of hydrogen-bond acceptors (Lipinski definition) is 6. The van der Waals surface area contributed by atoms with Gasteiger partial charge in [-0.3, -0.25) is 0 Å². The van der Waals surface area contributed by atoms with Crippen molar-refractivity contribution in [2.45, 2.75) is 50.8 Å². The number of carboxylic acid groups (broad SMARTS) is 1. The van der Waals surface area contributed by atoms with E-state index in [1.807, 2.05) is 0 Å². The minimum Gasteiger partial charge on any atom is -0.550 e. The number of aliphatic carboxylic acids is 1. The molecule has 1 heterocycles. The van der Waals surface area contributed by atoms with E-state index in [1.54, 1.807) is 13.8 Å². The maximum atomic E-state index is 10.4. The Morgan fingerprint density at radius 1 is 1.25 bits per heavy atom. The molecule has 6 heteroatoms. The molecule has 3 N–H and O–H groups in total. The van der Waals surface area contributed by atoms with Crippen LogP contribution in [0.5, 0.6) is 0 Å². The summed E-state index contributed by atoms with van der Waals surface area (Å²) in [5.74, 6) is -1.46. The minimum atomic E-state index is -1.41. The lowest BCUT2D eigenvalue weighted by atomic mass is 9.88. The number of aliphatic hydroxyl groups excluding tert-OH is 3. The number of carbonyl (C=O) groups excluding carboxylic acids is 1. The van der Waals surface area contributed by atoms with E-state index >= 15 is 0 Å². The predicted octanol–water partition coefficient (Wildman–Crippen LogP) is -2.37. The lowest BCUT2D eigenvalue weighted by molar-refractivity contribution is -0.312. The SMILES string of the molecule is CC(C)[C@@H]1OC(CC(=O)[O-])[C@H](O)C(O)[C@H]1O. The molecule has 0 aliphatic carbocycles. The zero-order valence-corrected chi connectivity index (χ0v) is 9.24. The third-order valence-corrected chi connectivity index (χ3v) is 2.77. The molecule has 1 fully saturated rings. The zero-order chi connectivity index (χ0) is 12.5. The summed E-state index contributed by atoms with van der Waals surface area (Å²) in [4.78, 5) is 10.4. The van der Waals surface area contributed by atoms with Crippen molar-refractivity contribution in [3.63, 3.8) is 0 Å². The summed E-state index contributed by atoms with van der Waals surface area (Å²) in [6.07, 6.45) is -6.27. The summed E-state index contributed by atoms with van der Waals surface area (Å²) < 4.78 is 5.27. The van der Waals surface area contributed by atoms with Crippen LogP contribution in [0.15, 0.2) is 0 Å². The van der Waals surface area contributed by atoms with E-state index in [1.165, 1.54) is 0 Å². The summed E-state index contributed by atoms with van der Waals surface area (Å²) in [5, 5.41) is 39.1. The van der Waals surface area contributed by atoms with E-state index in [-0.39, 0.29) is 5.92 Å². The average Bonchev–Trinajstić information content (AvgIpc) is 2.18. The van der Waals surface area contributed by atoms with E-state index in [0.29, 0.717) is 0 Å². The largest absolute Gasteiger partial charge is 0.550 e. The standard InChI is InChI=1S/C10H18O6/c1-4(2)10-9(15)8(14)7(13)5(16-10)3-6(11)12/h4-5,7-10,13-15H,3H2,1-2H3,(H,11,12)/p-1/t5?,7-,8?,9+,10-/m0/s1. The molecule has 0 aromatic rings. The molecule has 6 nitrogen and oxygen atoms in total. The summed E-state index contributed by atoms with van der Waals surface area (Å²) in [6, 6.07) is 0.